The van der Waals surface area contributed by atoms with Crippen LogP contribution in [-0.4, -0.2) is 50.8 Å². The third kappa shape index (κ3) is 3.66. The van der Waals surface area contributed by atoms with Crippen molar-refractivity contribution in [1.29, 1.82) is 0 Å². The molecule has 1 aliphatic heterocycles. The van der Waals surface area contributed by atoms with Crippen molar-refractivity contribution in [2.24, 2.45) is 5.41 Å². The zero-order chi connectivity index (χ0) is 19.8. The molecular formula is C22H33NO4. The molecule has 27 heavy (non-hydrogen) atoms. The van der Waals surface area contributed by atoms with Crippen molar-refractivity contribution in [1.82, 2.24) is 4.90 Å². The van der Waals surface area contributed by atoms with Crippen LogP contribution in [0.15, 0.2) is 18.2 Å². The Kier molecular flexibility index (Phi) is 5.44. The summed E-state index contributed by atoms with van der Waals surface area (Å²) in [6, 6.07) is 6.67. The number of likely N-dealkylation sites (N-methyl/N-ethyl adjacent to an activating group) is 1. The van der Waals surface area contributed by atoms with E-state index < -0.39 is 5.41 Å². The first kappa shape index (κ1) is 20.0. The molecule has 1 aromatic rings. The minimum Gasteiger partial charge on any atom is -0.493 e. The summed E-state index contributed by atoms with van der Waals surface area (Å²) in [7, 11) is 5.53. The molecule has 150 valence electrons. The highest BCUT2D eigenvalue weighted by atomic mass is 16.5. The quantitative estimate of drug-likeness (QED) is 0.750. The number of esters is 1. The number of hydrogen-bond acceptors (Lipinski definition) is 5. The van der Waals surface area contributed by atoms with Gasteiger partial charge in [-0.2, -0.15) is 0 Å². The normalized spacial score (nSPS) is 28.5. The summed E-state index contributed by atoms with van der Waals surface area (Å²) in [5.74, 6) is 1.43. The highest BCUT2D eigenvalue weighted by molar-refractivity contribution is 5.75. The maximum Gasteiger partial charge on any atom is 0.311 e. The Morgan fingerprint density at radius 1 is 1.15 bits per heavy atom. The largest absolute Gasteiger partial charge is 0.493 e. The van der Waals surface area contributed by atoms with Crippen LogP contribution in [0.5, 0.6) is 11.5 Å². The van der Waals surface area contributed by atoms with Crippen LogP contribution >= 0.6 is 0 Å². The van der Waals surface area contributed by atoms with Gasteiger partial charge in [0.25, 0.3) is 0 Å². The van der Waals surface area contributed by atoms with E-state index in [0.29, 0.717) is 6.04 Å². The first-order chi connectivity index (χ1) is 12.7. The first-order valence-electron chi connectivity index (χ1n) is 9.85. The molecule has 2 aliphatic rings. The summed E-state index contributed by atoms with van der Waals surface area (Å²) in [5.41, 5.74) is 0.924. The number of fused-ring (bicyclic) bond motifs is 1. The molecule has 0 bridgehead atoms. The molecule has 1 saturated heterocycles. The molecule has 0 amide bonds. The van der Waals surface area contributed by atoms with E-state index in [4.69, 9.17) is 14.2 Å². The summed E-state index contributed by atoms with van der Waals surface area (Å²) in [4.78, 5) is 14.8. The van der Waals surface area contributed by atoms with Gasteiger partial charge in [0.05, 0.1) is 19.6 Å². The van der Waals surface area contributed by atoms with Crippen molar-refractivity contribution in [2.75, 3.05) is 27.8 Å². The van der Waals surface area contributed by atoms with E-state index >= 15 is 0 Å². The number of hydrogen-bond donors (Lipinski definition) is 0. The van der Waals surface area contributed by atoms with Crippen molar-refractivity contribution in [3.05, 3.63) is 23.8 Å². The second-order valence-corrected chi connectivity index (χ2v) is 9.02. The van der Waals surface area contributed by atoms with Gasteiger partial charge in [-0.1, -0.05) is 6.07 Å². The Balaban J connectivity index is 1.85. The number of methoxy groups -OCH3 is 2. The first-order valence-corrected chi connectivity index (χ1v) is 9.85. The molecule has 2 fully saturated rings. The zero-order valence-electron chi connectivity index (χ0n) is 17.5. The molecule has 1 aromatic carbocycles. The minimum absolute atomic E-state index is 0.00413. The van der Waals surface area contributed by atoms with Crippen molar-refractivity contribution >= 4 is 5.97 Å². The number of likely N-dealkylation sites (tertiary alicyclic amines) is 1. The molecule has 1 heterocycles. The molecule has 0 N–H and O–H groups in total. The Morgan fingerprint density at radius 3 is 2.48 bits per heavy atom. The van der Waals surface area contributed by atoms with E-state index in [9.17, 15) is 4.79 Å². The lowest BCUT2D eigenvalue weighted by molar-refractivity contribution is -0.161. The minimum atomic E-state index is -0.459. The van der Waals surface area contributed by atoms with E-state index in [-0.39, 0.29) is 17.5 Å². The molecule has 0 spiro atoms. The molecule has 3 rings (SSSR count). The monoisotopic (exact) mass is 375 g/mol. The molecule has 0 aromatic heterocycles. The van der Waals surface area contributed by atoms with Crippen LogP contribution in [0.1, 0.15) is 52.0 Å². The predicted molar refractivity (Wildman–Crippen MR) is 105 cm³/mol. The average molecular weight is 376 g/mol. The van der Waals surface area contributed by atoms with Gasteiger partial charge in [0.1, 0.15) is 6.10 Å². The standard InChI is InChI=1S/C22H33NO4/c1-21(2,3)20(24)27-16-9-10-22(11-12-23(4)19(22)14-16)15-7-8-17(25-5)18(13-15)26-6/h7-8,13,16,19H,9-12,14H2,1-6H3/t16-,19-,22-/m0/s1. The summed E-state index contributed by atoms with van der Waals surface area (Å²) in [6.45, 7) is 6.79. The van der Waals surface area contributed by atoms with E-state index in [1.165, 1.54) is 5.56 Å². The van der Waals surface area contributed by atoms with Gasteiger partial charge in [0.15, 0.2) is 11.5 Å². The molecule has 5 heteroatoms. The van der Waals surface area contributed by atoms with Crippen LogP contribution in [0.2, 0.25) is 0 Å². The fourth-order valence-corrected chi connectivity index (χ4v) is 4.66. The molecule has 3 atom stereocenters. The molecule has 5 nitrogen and oxygen atoms in total. The Labute approximate surface area is 163 Å². The molecule has 1 aliphatic carbocycles. The van der Waals surface area contributed by atoms with Gasteiger partial charge in [-0.25, -0.2) is 0 Å². The van der Waals surface area contributed by atoms with Crippen molar-refractivity contribution in [3.63, 3.8) is 0 Å². The number of carbonyl (C=O) groups excluding carboxylic acids is 1. The Morgan fingerprint density at radius 2 is 1.85 bits per heavy atom. The van der Waals surface area contributed by atoms with Crippen LogP contribution in [0, 0.1) is 5.41 Å². The van der Waals surface area contributed by atoms with Crippen LogP contribution in [-0.2, 0) is 14.9 Å². The Bertz CT molecular complexity index is 696. The Hall–Kier alpha value is -1.75. The summed E-state index contributed by atoms with van der Waals surface area (Å²) >= 11 is 0. The van der Waals surface area contributed by atoms with Gasteiger partial charge in [-0.15, -0.1) is 0 Å². The molecule has 1 saturated carbocycles. The lowest BCUT2D eigenvalue weighted by Crippen LogP contribution is -2.48. The second kappa shape index (κ2) is 7.34. The fourth-order valence-electron chi connectivity index (χ4n) is 4.66. The van der Waals surface area contributed by atoms with Gasteiger partial charge >= 0.3 is 5.97 Å². The summed E-state index contributed by atoms with van der Waals surface area (Å²) < 4.78 is 16.8. The van der Waals surface area contributed by atoms with Crippen LogP contribution < -0.4 is 9.47 Å². The van der Waals surface area contributed by atoms with Crippen molar-refractivity contribution in [3.8, 4) is 11.5 Å². The van der Waals surface area contributed by atoms with Crippen LogP contribution in [0.4, 0.5) is 0 Å². The van der Waals surface area contributed by atoms with Gasteiger partial charge in [0, 0.05) is 17.9 Å². The van der Waals surface area contributed by atoms with E-state index in [0.717, 1.165) is 43.7 Å². The van der Waals surface area contributed by atoms with E-state index in [2.05, 4.69) is 24.1 Å². The SMILES string of the molecule is COc1ccc([C@@]23CC[C@H](OC(=O)C(C)(C)C)C[C@@H]2N(C)CC3)cc1OC. The van der Waals surface area contributed by atoms with Gasteiger partial charge in [-0.3, -0.25) is 4.79 Å². The number of carbonyl (C=O) groups is 1. The second-order valence-electron chi connectivity index (χ2n) is 9.02. The fraction of sp³-hybridized carbons (Fsp3) is 0.682. The van der Waals surface area contributed by atoms with Crippen molar-refractivity contribution in [2.45, 2.75) is 64.0 Å². The lowest BCUT2D eigenvalue weighted by atomic mass is 9.65. The maximum absolute atomic E-state index is 12.3. The number of benzene rings is 1. The summed E-state index contributed by atoms with van der Waals surface area (Å²) in [5, 5.41) is 0. The third-order valence-electron chi connectivity index (χ3n) is 6.32. The highest BCUT2D eigenvalue weighted by Crippen LogP contribution is 2.50. The average Bonchev–Trinajstić information content (AvgIpc) is 2.98. The smallest absolute Gasteiger partial charge is 0.311 e. The maximum atomic E-state index is 12.3. The highest BCUT2D eigenvalue weighted by Gasteiger charge is 2.51. The van der Waals surface area contributed by atoms with E-state index in [1.54, 1.807) is 14.2 Å². The van der Waals surface area contributed by atoms with Gasteiger partial charge < -0.3 is 19.1 Å². The number of nitrogens with zero attached hydrogens (tertiary/aromatic N) is 1. The molecular weight excluding hydrogens is 342 g/mol. The third-order valence-corrected chi connectivity index (χ3v) is 6.32. The van der Waals surface area contributed by atoms with E-state index in [1.807, 2.05) is 26.8 Å². The summed E-state index contributed by atoms with van der Waals surface area (Å²) in [6.07, 6.45) is 3.91. The number of rotatable bonds is 4. The lowest BCUT2D eigenvalue weighted by Gasteiger charge is -2.44. The number of ether oxygens (including phenoxy) is 3. The van der Waals surface area contributed by atoms with Crippen LogP contribution in [0.3, 0.4) is 0 Å². The zero-order valence-corrected chi connectivity index (χ0v) is 17.5. The van der Waals surface area contributed by atoms with Gasteiger partial charge in [0.2, 0.25) is 0 Å². The predicted octanol–water partition coefficient (Wildman–Crippen LogP) is 3.79. The molecule has 0 unspecified atom stereocenters. The van der Waals surface area contributed by atoms with Gasteiger partial charge in [-0.05, 0) is 71.3 Å². The molecule has 0 radical (unpaired) electrons. The van der Waals surface area contributed by atoms with Crippen LogP contribution in [0.25, 0.3) is 0 Å². The topological polar surface area (TPSA) is 48.0 Å². The van der Waals surface area contributed by atoms with Crippen molar-refractivity contribution < 1.29 is 19.0 Å².